The number of nitrogens with zero attached hydrogens (tertiary/aromatic N) is 2. The lowest BCUT2D eigenvalue weighted by molar-refractivity contribution is 0.0517. The smallest absolute Gasteiger partial charge is 0.359 e. The Morgan fingerprint density at radius 2 is 2.19 bits per heavy atom. The lowest BCUT2D eigenvalue weighted by Crippen LogP contribution is -2.11. The maximum absolute atomic E-state index is 12.0. The number of hydrogen-bond acceptors (Lipinski definition) is 4. The quantitative estimate of drug-likeness (QED) is 0.813. The molecule has 110 valence electrons. The summed E-state index contributed by atoms with van der Waals surface area (Å²) in [5, 5.41) is 4.36. The predicted octanol–water partition coefficient (Wildman–Crippen LogP) is 2.37. The van der Waals surface area contributed by atoms with E-state index in [0.29, 0.717) is 12.3 Å². The molecule has 1 aromatic heterocycles. The van der Waals surface area contributed by atoms with Gasteiger partial charge in [-0.2, -0.15) is 5.10 Å². The van der Waals surface area contributed by atoms with E-state index in [2.05, 4.69) is 11.2 Å². The minimum atomic E-state index is -0.341. The van der Waals surface area contributed by atoms with Gasteiger partial charge in [-0.25, -0.2) is 4.79 Å². The molecule has 0 radical (unpaired) electrons. The van der Waals surface area contributed by atoms with Crippen LogP contribution in [-0.2, 0) is 24.6 Å². The highest BCUT2D eigenvalue weighted by molar-refractivity contribution is 5.92. The van der Waals surface area contributed by atoms with E-state index in [1.54, 1.807) is 18.7 Å². The second kappa shape index (κ2) is 5.24. The SMILES string of the molecule is CCOC(=O)c1nn(C)c2c1CCc1cc(OC)ccc1-2. The van der Waals surface area contributed by atoms with E-state index in [1.807, 2.05) is 19.2 Å². The van der Waals surface area contributed by atoms with E-state index >= 15 is 0 Å². The summed E-state index contributed by atoms with van der Waals surface area (Å²) in [7, 11) is 3.53. The standard InChI is InChI=1S/C16H18N2O3/c1-4-21-16(19)14-13-7-5-10-9-11(20-3)6-8-12(10)15(13)18(2)17-14/h6,8-9H,4-5,7H2,1-3H3. The average molecular weight is 286 g/mol. The molecule has 5 nitrogen and oxygen atoms in total. The third kappa shape index (κ3) is 2.18. The van der Waals surface area contributed by atoms with Crippen LogP contribution in [0.5, 0.6) is 5.75 Å². The zero-order valence-electron chi connectivity index (χ0n) is 12.5. The molecule has 21 heavy (non-hydrogen) atoms. The molecule has 0 fully saturated rings. The molecule has 1 aromatic carbocycles. The summed E-state index contributed by atoms with van der Waals surface area (Å²) >= 11 is 0. The molecule has 0 bridgehead atoms. The first-order valence-electron chi connectivity index (χ1n) is 7.06. The summed E-state index contributed by atoms with van der Waals surface area (Å²) in [6.07, 6.45) is 1.66. The fraction of sp³-hybridized carbons (Fsp3) is 0.375. The van der Waals surface area contributed by atoms with Crippen LogP contribution in [0.15, 0.2) is 18.2 Å². The van der Waals surface area contributed by atoms with E-state index in [0.717, 1.165) is 35.4 Å². The lowest BCUT2D eigenvalue weighted by Gasteiger charge is -2.18. The van der Waals surface area contributed by atoms with Crippen LogP contribution in [0.25, 0.3) is 11.3 Å². The van der Waals surface area contributed by atoms with Gasteiger partial charge in [-0.1, -0.05) is 0 Å². The van der Waals surface area contributed by atoms with Gasteiger partial charge in [0.1, 0.15) is 5.75 Å². The van der Waals surface area contributed by atoms with Gasteiger partial charge in [0, 0.05) is 18.2 Å². The van der Waals surface area contributed by atoms with E-state index in [1.165, 1.54) is 5.56 Å². The van der Waals surface area contributed by atoms with Gasteiger partial charge < -0.3 is 9.47 Å². The molecule has 0 atom stereocenters. The van der Waals surface area contributed by atoms with Crippen LogP contribution in [-0.4, -0.2) is 29.5 Å². The summed E-state index contributed by atoms with van der Waals surface area (Å²) in [5.41, 5.74) is 4.76. The van der Waals surface area contributed by atoms with Crippen molar-refractivity contribution < 1.29 is 14.3 Å². The third-order valence-electron chi connectivity index (χ3n) is 3.83. The summed E-state index contributed by atoms with van der Waals surface area (Å²) < 4.78 is 12.1. The first-order chi connectivity index (χ1) is 10.2. The molecule has 1 aliphatic rings. The van der Waals surface area contributed by atoms with E-state index in [9.17, 15) is 4.79 Å². The average Bonchev–Trinajstić information content (AvgIpc) is 2.84. The number of rotatable bonds is 3. The second-order valence-electron chi connectivity index (χ2n) is 5.04. The number of methoxy groups -OCH3 is 1. The summed E-state index contributed by atoms with van der Waals surface area (Å²) in [5.74, 6) is 0.510. The summed E-state index contributed by atoms with van der Waals surface area (Å²) in [6, 6.07) is 6.02. The summed E-state index contributed by atoms with van der Waals surface area (Å²) in [6.45, 7) is 2.16. The first-order valence-corrected chi connectivity index (χ1v) is 7.06. The Balaban J connectivity index is 2.11. The van der Waals surface area contributed by atoms with Gasteiger partial charge in [-0.15, -0.1) is 0 Å². The molecule has 0 spiro atoms. The molecule has 0 N–H and O–H groups in total. The largest absolute Gasteiger partial charge is 0.497 e. The fourth-order valence-electron chi connectivity index (χ4n) is 2.90. The van der Waals surface area contributed by atoms with Gasteiger partial charge in [-0.3, -0.25) is 4.68 Å². The van der Waals surface area contributed by atoms with Crippen molar-refractivity contribution in [3.05, 3.63) is 35.0 Å². The van der Waals surface area contributed by atoms with Crippen LogP contribution in [0.1, 0.15) is 28.5 Å². The predicted molar refractivity (Wildman–Crippen MR) is 78.6 cm³/mol. The van der Waals surface area contributed by atoms with Crippen molar-refractivity contribution in [3.8, 4) is 17.0 Å². The van der Waals surface area contributed by atoms with Crippen molar-refractivity contribution in [1.29, 1.82) is 0 Å². The van der Waals surface area contributed by atoms with Crippen LogP contribution >= 0.6 is 0 Å². The molecule has 1 aliphatic carbocycles. The van der Waals surface area contributed by atoms with Gasteiger partial charge in [0.25, 0.3) is 0 Å². The van der Waals surface area contributed by atoms with E-state index in [4.69, 9.17) is 9.47 Å². The number of benzene rings is 1. The van der Waals surface area contributed by atoms with Crippen LogP contribution in [0.4, 0.5) is 0 Å². The number of aromatic nitrogens is 2. The molecular formula is C16H18N2O3. The number of esters is 1. The molecule has 0 amide bonds. The van der Waals surface area contributed by atoms with Crippen molar-refractivity contribution in [2.24, 2.45) is 7.05 Å². The molecule has 2 aromatic rings. The number of aryl methyl sites for hydroxylation is 2. The highest BCUT2D eigenvalue weighted by Crippen LogP contribution is 2.36. The Hall–Kier alpha value is -2.30. The van der Waals surface area contributed by atoms with Gasteiger partial charge in [0.05, 0.1) is 19.4 Å². The van der Waals surface area contributed by atoms with Crippen molar-refractivity contribution in [2.75, 3.05) is 13.7 Å². The van der Waals surface area contributed by atoms with Gasteiger partial charge >= 0.3 is 5.97 Å². The minimum Gasteiger partial charge on any atom is -0.497 e. The molecular weight excluding hydrogens is 268 g/mol. The number of fused-ring (bicyclic) bond motifs is 3. The normalized spacial score (nSPS) is 12.5. The Labute approximate surface area is 123 Å². The first kappa shape index (κ1) is 13.7. The van der Waals surface area contributed by atoms with Crippen LogP contribution in [0.3, 0.4) is 0 Å². The second-order valence-corrected chi connectivity index (χ2v) is 5.04. The minimum absolute atomic E-state index is 0.341. The topological polar surface area (TPSA) is 53.3 Å². The molecule has 0 unspecified atom stereocenters. The zero-order valence-corrected chi connectivity index (χ0v) is 12.5. The highest BCUT2D eigenvalue weighted by Gasteiger charge is 2.28. The molecule has 0 saturated heterocycles. The highest BCUT2D eigenvalue weighted by atomic mass is 16.5. The molecule has 0 aliphatic heterocycles. The van der Waals surface area contributed by atoms with Crippen LogP contribution < -0.4 is 4.74 Å². The van der Waals surface area contributed by atoms with Crippen molar-refractivity contribution in [1.82, 2.24) is 9.78 Å². The van der Waals surface area contributed by atoms with Gasteiger partial charge in [0.2, 0.25) is 0 Å². The van der Waals surface area contributed by atoms with E-state index in [-0.39, 0.29) is 5.97 Å². The zero-order chi connectivity index (χ0) is 15.0. The monoisotopic (exact) mass is 286 g/mol. The van der Waals surface area contributed by atoms with Crippen molar-refractivity contribution >= 4 is 5.97 Å². The number of carbonyl (C=O) groups is 1. The lowest BCUT2D eigenvalue weighted by atomic mass is 9.88. The van der Waals surface area contributed by atoms with Gasteiger partial charge in [0.15, 0.2) is 5.69 Å². The van der Waals surface area contributed by atoms with Crippen molar-refractivity contribution in [3.63, 3.8) is 0 Å². The Kier molecular flexibility index (Phi) is 3.41. The van der Waals surface area contributed by atoms with Crippen LogP contribution in [0.2, 0.25) is 0 Å². The molecule has 1 heterocycles. The maximum Gasteiger partial charge on any atom is 0.359 e. The molecule has 5 heteroatoms. The Morgan fingerprint density at radius 1 is 1.38 bits per heavy atom. The molecule has 3 rings (SSSR count). The van der Waals surface area contributed by atoms with E-state index < -0.39 is 0 Å². The maximum atomic E-state index is 12.0. The Morgan fingerprint density at radius 3 is 2.90 bits per heavy atom. The Bertz CT molecular complexity index is 704. The molecule has 0 saturated carbocycles. The van der Waals surface area contributed by atoms with Gasteiger partial charge in [-0.05, 0) is 43.5 Å². The number of carbonyl (C=O) groups excluding carboxylic acids is 1. The number of hydrogen-bond donors (Lipinski definition) is 0. The number of ether oxygens (including phenoxy) is 2. The van der Waals surface area contributed by atoms with Crippen LogP contribution in [0, 0.1) is 0 Å². The van der Waals surface area contributed by atoms with Crippen molar-refractivity contribution in [2.45, 2.75) is 19.8 Å². The summed E-state index contributed by atoms with van der Waals surface area (Å²) in [4.78, 5) is 12.0. The third-order valence-corrected chi connectivity index (χ3v) is 3.83. The fourth-order valence-corrected chi connectivity index (χ4v) is 2.90.